The quantitative estimate of drug-likeness (QED) is 0.591. The predicted molar refractivity (Wildman–Crippen MR) is 104 cm³/mol. The summed E-state index contributed by atoms with van der Waals surface area (Å²) in [6.07, 6.45) is 5.40. The Bertz CT molecular complexity index is 808. The third kappa shape index (κ3) is 5.74. The topological polar surface area (TPSA) is 58.2 Å². The van der Waals surface area contributed by atoms with Crippen molar-refractivity contribution in [3.8, 4) is 0 Å². The number of benzene rings is 2. The van der Waals surface area contributed by atoms with Crippen molar-refractivity contribution in [2.75, 3.05) is 0 Å². The number of nitrogens with one attached hydrogen (secondary N) is 2. The maximum absolute atomic E-state index is 12.1. The van der Waals surface area contributed by atoms with Gasteiger partial charge in [0.05, 0.1) is 0 Å². The number of carbonyl (C=O) groups is 2. The molecule has 0 saturated carbocycles. The van der Waals surface area contributed by atoms with Crippen LogP contribution in [0.2, 0.25) is 0 Å². The van der Waals surface area contributed by atoms with Gasteiger partial charge < -0.3 is 10.6 Å². The molecule has 4 heteroatoms. The van der Waals surface area contributed by atoms with Crippen LogP contribution in [-0.2, 0) is 17.9 Å². The van der Waals surface area contributed by atoms with Gasteiger partial charge in [-0.3, -0.25) is 9.59 Å². The van der Waals surface area contributed by atoms with Crippen molar-refractivity contribution in [1.29, 1.82) is 0 Å². The number of hydrogen-bond donors (Lipinski definition) is 2. The van der Waals surface area contributed by atoms with Gasteiger partial charge in [0.2, 0.25) is 0 Å². The summed E-state index contributed by atoms with van der Waals surface area (Å²) in [5.74, 6) is -0.207. The van der Waals surface area contributed by atoms with Gasteiger partial charge in [-0.2, -0.15) is 0 Å². The Morgan fingerprint density at radius 2 is 1.54 bits per heavy atom. The van der Waals surface area contributed by atoms with Crippen LogP contribution in [0.5, 0.6) is 0 Å². The van der Waals surface area contributed by atoms with Crippen LogP contribution in [0, 0.1) is 0 Å². The zero-order valence-corrected chi connectivity index (χ0v) is 15.2. The van der Waals surface area contributed by atoms with Crippen molar-refractivity contribution in [3.05, 3.63) is 95.1 Å². The molecule has 0 atom stereocenters. The monoisotopic (exact) mass is 348 g/mol. The molecule has 26 heavy (non-hydrogen) atoms. The summed E-state index contributed by atoms with van der Waals surface area (Å²) in [5, 5.41) is 5.81. The van der Waals surface area contributed by atoms with E-state index in [2.05, 4.69) is 10.6 Å². The van der Waals surface area contributed by atoms with Crippen LogP contribution in [0.4, 0.5) is 0 Å². The molecule has 2 rings (SSSR count). The lowest BCUT2D eigenvalue weighted by molar-refractivity contribution is -0.117. The zero-order chi connectivity index (χ0) is 18.8. The Morgan fingerprint density at radius 1 is 0.885 bits per heavy atom. The minimum Gasteiger partial charge on any atom is -0.348 e. The van der Waals surface area contributed by atoms with E-state index in [0.29, 0.717) is 24.2 Å². The molecule has 134 valence electrons. The lowest BCUT2D eigenvalue weighted by atomic mass is 10.1. The van der Waals surface area contributed by atoms with Gasteiger partial charge in [-0.05, 0) is 37.1 Å². The second-order valence-corrected chi connectivity index (χ2v) is 5.80. The van der Waals surface area contributed by atoms with Gasteiger partial charge in [0.1, 0.15) is 0 Å². The zero-order valence-electron chi connectivity index (χ0n) is 15.2. The van der Waals surface area contributed by atoms with E-state index in [-0.39, 0.29) is 11.8 Å². The summed E-state index contributed by atoms with van der Waals surface area (Å²) in [4.78, 5) is 24.2. The third-order valence-corrected chi connectivity index (χ3v) is 3.85. The highest BCUT2D eigenvalue weighted by Crippen LogP contribution is 2.07. The predicted octanol–water partition coefficient (Wildman–Crippen LogP) is 3.76. The van der Waals surface area contributed by atoms with Gasteiger partial charge in [0.15, 0.2) is 0 Å². The van der Waals surface area contributed by atoms with E-state index in [9.17, 15) is 9.59 Å². The Morgan fingerprint density at radius 3 is 2.15 bits per heavy atom. The highest BCUT2D eigenvalue weighted by atomic mass is 16.2. The summed E-state index contributed by atoms with van der Waals surface area (Å²) < 4.78 is 0. The molecule has 2 aromatic carbocycles. The van der Waals surface area contributed by atoms with Gasteiger partial charge in [-0.1, -0.05) is 60.7 Å². The summed E-state index contributed by atoms with van der Waals surface area (Å²) in [6, 6.07) is 16.9. The summed E-state index contributed by atoms with van der Waals surface area (Å²) in [5.41, 5.74) is 3.25. The van der Waals surface area contributed by atoms with Gasteiger partial charge in [-0.25, -0.2) is 0 Å². The summed E-state index contributed by atoms with van der Waals surface area (Å²) >= 11 is 0. The fourth-order valence-electron chi connectivity index (χ4n) is 2.49. The van der Waals surface area contributed by atoms with Gasteiger partial charge in [-0.15, -0.1) is 0 Å². The molecule has 0 fully saturated rings. The van der Waals surface area contributed by atoms with E-state index < -0.39 is 0 Å². The Hall–Kier alpha value is -3.14. The van der Waals surface area contributed by atoms with E-state index in [4.69, 9.17) is 0 Å². The number of amides is 2. The number of carbonyl (C=O) groups excluding carboxylic acids is 2. The van der Waals surface area contributed by atoms with Crippen molar-refractivity contribution >= 4 is 11.8 Å². The lowest BCUT2D eigenvalue weighted by Gasteiger charge is -2.09. The molecule has 2 aromatic rings. The minimum absolute atomic E-state index is 0.103. The van der Waals surface area contributed by atoms with Crippen molar-refractivity contribution in [2.24, 2.45) is 0 Å². The van der Waals surface area contributed by atoms with Crippen LogP contribution < -0.4 is 10.6 Å². The first-order chi connectivity index (χ1) is 12.6. The van der Waals surface area contributed by atoms with Crippen molar-refractivity contribution < 1.29 is 9.59 Å². The molecule has 0 aliphatic carbocycles. The fraction of sp³-hybridized carbons (Fsp3) is 0.182. The number of rotatable bonds is 7. The van der Waals surface area contributed by atoms with Gasteiger partial charge >= 0.3 is 0 Å². The SMILES string of the molecule is C/C=C\C(=C/C)C(=O)NCc1cccc(CNC(=O)c2ccccc2)c1. The van der Waals surface area contributed by atoms with Crippen LogP contribution in [0.15, 0.2) is 78.4 Å². The third-order valence-electron chi connectivity index (χ3n) is 3.85. The average Bonchev–Trinajstić information content (AvgIpc) is 2.69. The first-order valence-electron chi connectivity index (χ1n) is 8.62. The molecule has 0 aliphatic heterocycles. The molecule has 0 aliphatic rings. The number of hydrogen-bond acceptors (Lipinski definition) is 2. The fourth-order valence-corrected chi connectivity index (χ4v) is 2.49. The molecular weight excluding hydrogens is 324 g/mol. The van der Waals surface area contributed by atoms with Gasteiger partial charge in [0, 0.05) is 24.2 Å². The Kier molecular flexibility index (Phi) is 7.37. The van der Waals surface area contributed by atoms with Crippen LogP contribution in [0.25, 0.3) is 0 Å². The molecule has 0 bridgehead atoms. The molecule has 4 nitrogen and oxygen atoms in total. The van der Waals surface area contributed by atoms with E-state index in [1.165, 1.54) is 0 Å². The van der Waals surface area contributed by atoms with Crippen molar-refractivity contribution in [1.82, 2.24) is 10.6 Å². The van der Waals surface area contributed by atoms with E-state index in [1.807, 2.05) is 62.4 Å². The number of allylic oxidation sites excluding steroid dienone is 2. The standard InChI is InChI=1S/C22H24N2O2/c1-3-9-19(4-2)21(25)23-15-17-10-8-11-18(14-17)16-24-22(26)20-12-6-5-7-13-20/h3-14H,15-16H2,1-2H3,(H,23,25)(H,24,26)/b9-3-,19-4+. The normalized spacial score (nSPS) is 11.4. The highest BCUT2D eigenvalue weighted by Gasteiger charge is 2.06. The molecule has 0 unspecified atom stereocenters. The van der Waals surface area contributed by atoms with Gasteiger partial charge in [0.25, 0.3) is 11.8 Å². The Balaban J connectivity index is 1.91. The molecule has 0 aromatic heterocycles. The van der Waals surface area contributed by atoms with Crippen LogP contribution in [0.3, 0.4) is 0 Å². The van der Waals surface area contributed by atoms with Crippen LogP contribution in [0.1, 0.15) is 35.3 Å². The maximum atomic E-state index is 12.1. The van der Waals surface area contributed by atoms with Crippen molar-refractivity contribution in [3.63, 3.8) is 0 Å². The molecule has 2 N–H and O–H groups in total. The van der Waals surface area contributed by atoms with Crippen molar-refractivity contribution in [2.45, 2.75) is 26.9 Å². The van der Waals surface area contributed by atoms with Crippen LogP contribution >= 0.6 is 0 Å². The molecule has 0 radical (unpaired) electrons. The maximum Gasteiger partial charge on any atom is 0.251 e. The molecule has 2 amide bonds. The van der Waals surface area contributed by atoms with Crippen LogP contribution in [-0.4, -0.2) is 11.8 Å². The van der Waals surface area contributed by atoms with E-state index in [0.717, 1.165) is 11.1 Å². The molecule has 0 heterocycles. The highest BCUT2D eigenvalue weighted by molar-refractivity contribution is 5.96. The lowest BCUT2D eigenvalue weighted by Crippen LogP contribution is -2.24. The molecule has 0 saturated heterocycles. The summed E-state index contributed by atoms with van der Waals surface area (Å²) in [6.45, 7) is 4.59. The second-order valence-electron chi connectivity index (χ2n) is 5.80. The molecule has 0 spiro atoms. The smallest absolute Gasteiger partial charge is 0.251 e. The second kappa shape index (κ2) is 9.99. The minimum atomic E-state index is -0.103. The Labute approximate surface area is 154 Å². The van der Waals surface area contributed by atoms with E-state index >= 15 is 0 Å². The van der Waals surface area contributed by atoms with E-state index in [1.54, 1.807) is 24.3 Å². The molecular formula is C22H24N2O2. The first-order valence-corrected chi connectivity index (χ1v) is 8.62. The summed E-state index contributed by atoms with van der Waals surface area (Å²) in [7, 11) is 0. The first kappa shape index (κ1) is 19.2. The average molecular weight is 348 g/mol. The largest absolute Gasteiger partial charge is 0.348 e.